The van der Waals surface area contributed by atoms with Gasteiger partial charge in [0.15, 0.2) is 0 Å². The average Bonchev–Trinajstić information content (AvgIpc) is 3.16. The molecule has 0 radical (unpaired) electrons. The van der Waals surface area contributed by atoms with Crippen LogP contribution in [-0.4, -0.2) is 24.9 Å². The number of nitrogens with one attached hydrogen (secondary N) is 1. The molecule has 0 aliphatic rings. The summed E-state index contributed by atoms with van der Waals surface area (Å²) in [6.07, 6.45) is 0. The smallest absolute Gasteiger partial charge is 0.203 e. The van der Waals surface area contributed by atoms with Crippen LogP contribution in [0.3, 0.4) is 0 Å². The van der Waals surface area contributed by atoms with E-state index in [1.54, 1.807) is 26.4 Å². The largest absolute Gasteiger partial charge is 0.497 e. The van der Waals surface area contributed by atoms with Crippen molar-refractivity contribution in [3.05, 3.63) is 57.4 Å². The van der Waals surface area contributed by atoms with Crippen molar-refractivity contribution in [2.45, 2.75) is 6.92 Å². The Morgan fingerprint density at radius 1 is 1.07 bits per heavy atom. The number of halogens is 2. The second-order valence-electron chi connectivity index (χ2n) is 5.54. The first-order valence-corrected chi connectivity index (χ1v) is 9.59. The van der Waals surface area contributed by atoms with Crippen molar-refractivity contribution in [3.8, 4) is 22.8 Å². The van der Waals surface area contributed by atoms with E-state index in [4.69, 9.17) is 32.7 Å². The van der Waals surface area contributed by atoms with Crippen LogP contribution in [0.4, 0.5) is 5.13 Å². The van der Waals surface area contributed by atoms with Crippen LogP contribution in [0, 0.1) is 0 Å². The van der Waals surface area contributed by atoms with Crippen molar-refractivity contribution in [3.63, 3.8) is 0 Å². The summed E-state index contributed by atoms with van der Waals surface area (Å²) < 4.78 is 10.7. The zero-order valence-electron chi connectivity index (χ0n) is 14.9. The second-order valence-corrected chi connectivity index (χ2v) is 7.21. The van der Waals surface area contributed by atoms with Crippen LogP contribution < -0.4 is 14.9 Å². The van der Waals surface area contributed by atoms with Crippen molar-refractivity contribution >= 4 is 45.4 Å². The summed E-state index contributed by atoms with van der Waals surface area (Å²) in [5, 5.41) is 7.97. The van der Waals surface area contributed by atoms with Crippen LogP contribution in [0.2, 0.25) is 10.0 Å². The van der Waals surface area contributed by atoms with Crippen molar-refractivity contribution in [1.29, 1.82) is 0 Å². The molecule has 0 bridgehead atoms. The van der Waals surface area contributed by atoms with Gasteiger partial charge in [0.05, 0.1) is 35.7 Å². The number of hydrogen-bond donors (Lipinski definition) is 1. The Kier molecular flexibility index (Phi) is 6.21. The lowest BCUT2D eigenvalue weighted by Gasteiger charge is -2.08. The highest BCUT2D eigenvalue weighted by Crippen LogP contribution is 2.35. The van der Waals surface area contributed by atoms with Crippen molar-refractivity contribution in [2.75, 3.05) is 19.6 Å². The van der Waals surface area contributed by atoms with E-state index >= 15 is 0 Å². The minimum atomic E-state index is 0.491. The summed E-state index contributed by atoms with van der Waals surface area (Å²) in [4.78, 5) is 4.58. The molecule has 3 aromatic rings. The maximum absolute atomic E-state index is 6.06. The standard InChI is InChI=1S/C19H17Cl2N3O2S/c1-11(12-4-6-15(20)16(21)8-12)23-24-19-22-17(10-27-19)14-9-13(25-2)5-7-18(14)26-3/h4-10H,1-3H3,(H,22,24)/b23-11+. The molecule has 2 aromatic carbocycles. The third-order valence-electron chi connectivity index (χ3n) is 3.84. The number of hydrazone groups is 1. The molecule has 0 atom stereocenters. The number of aromatic nitrogens is 1. The molecule has 0 aliphatic carbocycles. The first kappa shape index (κ1) is 19.5. The summed E-state index contributed by atoms with van der Waals surface area (Å²) >= 11 is 13.5. The number of methoxy groups -OCH3 is 2. The zero-order valence-corrected chi connectivity index (χ0v) is 17.2. The molecule has 27 heavy (non-hydrogen) atoms. The monoisotopic (exact) mass is 421 g/mol. The lowest BCUT2D eigenvalue weighted by molar-refractivity contribution is 0.404. The topological polar surface area (TPSA) is 55.7 Å². The zero-order chi connectivity index (χ0) is 19.4. The van der Waals surface area contributed by atoms with Gasteiger partial charge in [0.25, 0.3) is 0 Å². The van der Waals surface area contributed by atoms with Crippen LogP contribution in [-0.2, 0) is 0 Å². The van der Waals surface area contributed by atoms with Crippen LogP contribution in [0.15, 0.2) is 46.9 Å². The highest BCUT2D eigenvalue weighted by Gasteiger charge is 2.11. The first-order valence-electron chi connectivity index (χ1n) is 7.95. The molecule has 8 heteroatoms. The quantitative estimate of drug-likeness (QED) is 0.393. The van der Waals surface area contributed by atoms with Gasteiger partial charge in [-0.3, -0.25) is 5.43 Å². The normalized spacial score (nSPS) is 11.4. The van der Waals surface area contributed by atoms with Crippen molar-refractivity contribution in [2.24, 2.45) is 5.10 Å². The second kappa shape index (κ2) is 8.61. The predicted molar refractivity (Wildman–Crippen MR) is 113 cm³/mol. The molecule has 1 heterocycles. The van der Waals surface area contributed by atoms with Gasteiger partial charge in [-0.05, 0) is 42.8 Å². The third-order valence-corrected chi connectivity index (χ3v) is 5.33. The van der Waals surface area contributed by atoms with E-state index in [1.165, 1.54) is 11.3 Å². The number of rotatable bonds is 6. The molecule has 0 spiro atoms. The number of benzene rings is 2. The van der Waals surface area contributed by atoms with E-state index < -0.39 is 0 Å². The summed E-state index contributed by atoms with van der Waals surface area (Å²) in [5.74, 6) is 1.46. The Bertz CT molecular complexity index is 989. The molecule has 1 N–H and O–H groups in total. The van der Waals surface area contributed by atoms with Gasteiger partial charge in [0.2, 0.25) is 5.13 Å². The molecule has 1 aromatic heterocycles. The number of thiazole rings is 1. The van der Waals surface area contributed by atoms with E-state index in [-0.39, 0.29) is 0 Å². The molecule has 0 fully saturated rings. The molecular weight excluding hydrogens is 405 g/mol. The Balaban J connectivity index is 1.81. The molecule has 140 valence electrons. The summed E-state index contributed by atoms with van der Waals surface area (Å²) in [6.45, 7) is 1.88. The van der Waals surface area contributed by atoms with Gasteiger partial charge in [-0.2, -0.15) is 5.10 Å². The van der Waals surface area contributed by atoms with Crippen molar-refractivity contribution in [1.82, 2.24) is 4.98 Å². The maximum Gasteiger partial charge on any atom is 0.203 e. The van der Waals surface area contributed by atoms with Crippen LogP contribution >= 0.6 is 34.5 Å². The van der Waals surface area contributed by atoms with Gasteiger partial charge < -0.3 is 9.47 Å². The van der Waals surface area contributed by atoms with E-state index in [0.29, 0.717) is 15.2 Å². The number of hydrogen-bond acceptors (Lipinski definition) is 6. The van der Waals surface area contributed by atoms with Gasteiger partial charge in [0, 0.05) is 10.9 Å². The fourth-order valence-electron chi connectivity index (χ4n) is 2.38. The average molecular weight is 422 g/mol. The Morgan fingerprint density at radius 2 is 1.89 bits per heavy atom. The van der Waals surface area contributed by atoms with Crippen LogP contribution in [0.5, 0.6) is 11.5 Å². The fourth-order valence-corrected chi connectivity index (χ4v) is 3.33. The molecule has 0 unspecified atom stereocenters. The van der Waals surface area contributed by atoms with Gasteiger partial charge in [-0.1, -0.05) is 29.3 Å². The molecule has 5 nitrogen and oxygen atoms in total. The Hall–Kier alpha value is -2.28. The van der Waals surface area contributed by atoms with Gasteiger partial charge in [0.1, 0.15) is 11.5 Å². The molecule has 0 saturated heterocycles. The molecule has 3 rings (SSSR count). The van der Waals surface area contributed by atoms with Crippen molar-refractivity contribution < 1.29 is 9.47 Å². The highest BCUT2D eigenvalue weighted by atomic mass is 35.5. The van der Waals surface area contributed by atoms with Gasteiger partial charge >= 0.3 is 0 Å². The van der Waals surface area contributed by atoms with Gasteiger partial charge in [-0.25, -0.2) is 4.98 Å². The lowest BCUT2D eigenvalue weighted by Crippen LogP contribution is -1.99. The van der Waals surface area contributed by atoms with E-state index in [0.717, 1.165) is 34.0 Å². The molecular formula is C19H17Cl2N3O2S. The molecule has 0 saturated carbocycles. The lowest BCUT2D eigenvalue weighted by atomic mass is 10.1. The Labute approximate surface area is 171 Å². The molecule has 0 amide bonds. The number of anilines is 1. The van der Waals surface area contributed by atoms with Crippen LogP contribution in [0.25, 0.3) is 11.3 Å². The Morgan fingerprint density at radius 3 is 2.59 bits per heavy atom. The highest BCUT2D eigenvalue weighted by molar-refractivity contribution is 7.14. The molecule has 0 aliphatic heterocycles. The minimum absolute atomic E-state index is 0.491. The van der Waals surface area contributed by atoms with E-state index in [1.807, 2.05) is 36.6 Å². The SMILES string of the molecule is COc1ccc(OC)c(-c2csc(N/N=C(\C)c3ccc(Cl)c(Cl)c3)n2)c1. The summed E-state index contributed by atoms with van der Waals surface area (Å²) in [7, 11) is 3.25. The fraction of sp³-hybridized carbons (Fsp3) is 0.158. The first-order chi connectivity index (χ1) is 13.0. The predicted octanol–water partition coefficient (Wildman–Crippen LogP) is 5.97. The van der Waals surface area contributed by atoms with E-state index in [2.05, 4.69) is 15.5 Å². The minimum Gasteiger partial charge on any atom is -0.497 e. The maximum atomic E-state index is 6.06. The number of nitrogens with zero attached hydrogens (tertiary/aromatic N) is 2. The third kappa shape index (κ3) is 4.53. The summed E-state index contributed by atoms with van der Waals surface area (Å²) in [6, 6.07) is 11.0. The number of ether oxygens (including phenoxy) is 2. The van der Waals surface area contributed by atoms with E-state index in [9.17, 15) is 0 Å². The van der Waals surface area contributed by atoms with Gasteiger partial charge in [-0.15, -0.1) is 11.3 Å². The summed E-state index contributed by atoms with van der Waals surface area (Å²) in [5.41, 5.74) is 6.26. The van der Waals surface area contributed by atoms with Crippen LogP contribution in [0.1, 0.15) is 12.5 Å².